The number of hydrogen-bond acceptors (Lipinski definition) is 3. The van der Waals surface area contributed by atoms with Crippen molar-refractivity contribution in [1.82, 2.24) is 5.32 Å². The van der Waals surface area contributed by atoms with Crippen LogP contribution in [0.25, 0.3) is 0 Å². The van der Waals surface area contributed by atoms with Gasteiger partial charge in [0, 0.05) is 25.2 Å². The number of rotatable bonds is 8. The summed E-state index contributed by atoms with van der Waals surface area (Å²) in [5.74, 6) is 0.546. The maximum atomic E-state index is 12.8. The number of amides is 1. The minimum absolute atomic E-state index is 0.00637. The van der Waals surface area contributed by atoms with Gasteiger partial charge >= 0.3 is 0 Å². The van der Waals surface area contributed by atoms with Crippen LogP contribution in [0, 0.1) is 5.82 Å². The number of methoxy groups -OCH3 is 1. The fraction of sp³-hybridized carbons (Fsp3) is 0.278. The summed E-state index contributed by atoms with van der Waals surface area (Å²) in [6.07, 6.45) is 1.15. The molecule has 0 fully saturated rings. The summed E-state index contributed by atoms with van der Waals surface area (Å²) in [4.78, 5) is 11.7. The predicted octanol–water partition coefficient (Wildman–Crippen LogP) is 3.00. The maximum Gasteiger partial charge on any atom is 0.221 e. The molecule has 122 valence electrons. The number of nitrogens with one attached hydrogen (secondary N) is 2. The lowest BCUT2D eigenvalue weighted by atomic mass is 10.1. The van der Waals surface area contributed by atoms with E-state index in [4.69, 9.17) is 4.74 Å². The van der Waals surface area contributed by atoms with Gasteiger partial charge in [-0.15, -0.1) is 0 Å². The standard InChI is InChI=1S/C18H21FN2O2/c1-23-17-8-2-14(3-9-17)10-12-21-18(22)11-13-20-16-6-4-15(19)5-7-16/h2-9,20H,10-13H2,1H3,(H,21,22). The highest BCUT2D eigenvalue weighted by atomic mass is 19.1. The van der Waals surface area contributed by atoms with E-state index in [0.717, 1.165) is 23.4 Å². The first-order valence-corrected chi connectivity index (χ1v) is 7.56. The van der Waals surface area contributed by atoms with E-state index in [0.29, 0.717) is 19.5 Å². The number of halogens is 1. The van der Waals surface area contributed by atoms with Gasteiger partial charge in [0.05, 0.1) is 7.11 Å². The molecule has 0 atom stereocenters. The van der Waals surface area contributed by atoms with Crippen LogP contribution in [0.15, 0.2) is 48.5 Å². The van der Waals surface area contributed by atoms with Crippen molar-refractivity contribution in [3.05, 3.63) is 59.9 Å². The molecule has 0 saturated carbocycles. The molecule has 0 heterocycles. The molecule has 0 aromatic heterocycles. The van der Waals surface area contributed by atoms with E-state index in [1.165, 1.54) is 12.1 Å². The first-order valence-electron chi connectivity index (χ1n) is 7.56. The zero-order valence-corrected chi connectivity index (χ0v) is 13.1. The molecule has 0 aliphatic carbocycles. The second-order valence-electron chi connectivity index (χ2n) is 5.13. The number of hydrogen-bond donors (Lipinski definition) is 2. The van der Waals surface area contributed by atoms with Crippen LogP contribution in [0.5, 0.6) is 5.75 Å². The number of anilines is 1. The van der Waals surface area contributed by atoms with Crippen LogP contribution >= 0.6 is 0 Å². The molecule has 2 rings (SSSR count). The Morgan fingerprint density at radius 1 is 1.04 bits per heavy atom. The summed E-state index contributed by atoms with van der Waals surface area (Å²) < 4.78 is 17.9. The Labute approximate surface area is 135 Å². The van der Waals surface area contributed by atoms with Gasteiger partial charge in [0.2, 0.25) is 5.91 Å². The Morgan fingerprint density at radius 3 is 2.39 bits per heavy atom. The van der Waals surface area contributed by atoms with Gasteiger partial charge in [0.15, 0.2) is 0 Å². The third-order valence-electron chi connectivity index (χ3n) is 3.42. The molecule has 0 saturated heterocycles. The third kappa shape index (κ3) is 5.98. The highest BCUT2D eigenvalue weighted by Gasteiger charge is 2.01. The average molecular weight is 316 g/mol. The quantitative estimate of drug-likeness (QED) is 0.787. The predicted molar refractivity (Wildman–Crippen MR) is 89.2 cm³/mol. The molecule has 0 aliphatic heterocycles. The van der Waals surface area contributed by atoms with Gasteiger partial charge in [-0.25, -0.2) is 4.39 Å². The highest BCUT2D eigenvalue weighted by molar-refractivity contribution is 5.76. The largest absolute Gasteiger partial charge is 0.497 e. The van der Waals surface area contributed by atoms with Crippen LogP contribution < -0.4 is 15.4 Å². The second kappa shape index (κ2) is 8.78. The third-order valence-corrected chi connectivity index (χ3v) is 3.42. The van der Waals surface area contributed by atoms with Gasteiger partial charge in [-0.2, -0.15) is 0 Å². The Balaban J connectivity index is 1.62. The molecule has 4 nitrogen and oxygen atoms in total. The van der Waals surface area contributed by atoms with Crippen molar-refractivity contribution >= 4 is 11.6 Å². The minimum Gasteiger partial charge on any atom is -0.497 e. The molecule has 2 N–H and O–H groups in total. The highest BCUT2D eigenvalue weighted by Crippen LogP contribution is 2.11. The van der Waals surface area contributed by atoms with Crippen molar-refractivity contribution in [2.24, 2.45) is 0 Å². The zero-order chi connectivity index (χ0) is 16.5. The maximum absolute atomic E-state index is 12.8. The minimum atomic E-state index is -0.271. The van der Waals surface area contributed by atoms with Gasteiger partial charge in [0.25, 0.3) is 0 Å². The molecule has 5 heteroatoms. The summed E-state index contributed by atoms with van der Waals surface area (Å²) in [5.41, 5.74) is 1.95. The van der Waals surface area contributed by atoms with E-state index in [1.54, 1.807) is 19.2 Å². The number of carbonyl (C=O) groups is 1. The van der Waals surface area contributed by atoms with E-state index >= 15 is 0 Å². The van der Waals surface area contributed by atoms with Crippen LogP contribution in [-0.2, 0) is 11.2 Å². The fourth-order valence-electron chi connectivity index (χ4n) is 2.11. The lowest BCUT2D eigenvalue weighted by Crippen LogP contribution is -2.27. The SMILES string of the molecule is COc1ccc(CCNC(=O)CCNc2ccc(F)cc2)cc1. The first-order chi connectivity index (χ1) is 11.2. The average Bonchev–Trinajstić information content (AvgIpc) is 2.57. The summed E-state index contributed by atoms with van der Waals surface area (Å²) >= 11 is 0. The molecular formula is C18H21FN2O2. The summed E-state index contributed by atoms with van der Waals surface area (Å²) in [7, 11) is 1.63. The van der Waals surface area contributed by atoms with E-state index < -0.39 is 0 Å². The van der Waals surface area contributed by atoms with Gasteiger partial charge < -0.3 is 15.4 Å². The summed E-state index contributed by atoms with van der Waals surface area (Å²) in [5, 5.41) is 5.97. The second-order valence-corrected chi connectivity index (χ2v) is 5.13. The lowest BCUT2D eigenvalue weighted by molar-refractivity contribution is -0.120. The van der Waals surface area contributed by atoms with Gasteiger partial charge in [-0.05, 0) is 48.4 Å². The van der Waals surface area contributed by atoms with Gasteiger partial charge in [-0.3, -0.25) is 4.79 Å². The fourth-order valence-corrected chi connectivity index (χ4v) is 2.11. The number of ether oxygens (including phenoxy) is 1. The zero-order valence-electron chi connectivity index (χ0n) is 13.1. The van der Waals surface area contributed by atoms with Crippen LogP contribution in [-0.4, -0.2) is 26.1 Å². The monoisotopic (exact) mass is 316 g/mol. The van der Waals surface area contributed by atoms with Gasteiger partial charge in [-0.1, -0.05) is 12.1 Å². The van der Waals surface area contributed by atoms with Crippen molar-refractivity contribution in [2.45, 2.75) is 12.8 Å². The van der Waals surface area contributed by atoms with Crippen molar-refractivity contribution < 1.29 is 13.9 Å². The molecule has 1 amide bonds. The van der Waals surface area contributed by atoms with Crippen LogP contribution in [0.4, 0.5) is 10.1 Å². The Kier molecular flexibility index (Phi) is 6.41. The van der Waals surface area contributed by atoms with Crippen molar-refractivity contribution in [2.75, 3.05) is 25.5 Å². The van der Waals surface area contributed by atoms with E-state index in [2.05, 4.69) is 10.6 Å². The Hall–Kier alpha value is -2.56. The smallest absolute Gasteiger partial charge is 0.221 e. The van der Waals surface area contributed by atoms with Crippen molar-refractivity contribution in [3.8, 4) is 5.75 Å². The van der Waals surface area contributed by atoms with E-state index in [1.807, 2.05) is 24.3 Å². The van der Waals surface area contributed by atoms with Crippen LogP contribution in [0.1, 0.15) is 12.0 Å². The summed E-state index contributed by atoms with van der Waals surface area (Å²) in [6.45, 7) is 1.11. The van der Waals surface area contributed by atoms with Gasteiger partial charge in [0.1, 0.15) is 11.6 Å². The molecule has 0 spiro atoms. The molecule has 0 unspecified atom stereocenters. The summed E-state index contributed by atoms with van der Waals surface area (Å²) in [6, 6.07) is 13.9. The topological polar surface area (TPSA) is 50.4 Å². The molecule has 23 heavy (non-hydrogen) atoms. The molecule has 0 bridgehead atoms. The lowest BCUT2D eigenvalue weighted by Gasteiger charge is -2.08. The van der Waals surface area contributed by atoms with Crippen molar-refractivity contribution in [3.63, 3.8) is 0 Å². The molecule has 2 aromatic carbocycles. The molecule has 2 aromatic rings. The first kappa shape index (κ1) is 16.8. The van der Waals surface area contributed by atoms with Crippen molar-refractivity contribution in [1.29, 1.82) is 0 Å². The van der Waals surface area contributed by atoms with Crippen LogP contribution in [0.3, 0.4) is 0 Å². The van der Waals surface area contributed by atoms with E-state index in [-0.39, 0.29) is 11.7 Å². The molecule has 0 radical (unpaired) electrons. The number of carbonyl (C=O) groups excluding carboxylic acids is 1. The van der Waals surface area contributed by atoms with Crippen LogP contribution in [0.2, 0.25) is 0 Å². The Morgan fingerprint density at radius 2 is 1.74 bits per heavy atom. The normalized spacial score (nSPS) is 10.2. The van der Waals surface area contributed by atoms with E-state index in [9.17, 15) is 9.18 Å². The molecular weight excluding hydrogens is 295 g/mol. The Bertz CT molecular complexity index is 612. The number of benzene rings is 2. The molecule has 0 aliphatic rings.